The number of carbonyl (C=O) groups excluding carboxylic acids is 3. The van der Waals surface area contributed by atoms with E-state index in [9.17, 15) is 14.4 Å². The predicted molar refractivity (Wildman–Crippen MR) is 126 cm³/mol. The van der Waals surface area contributed by atoms with Crippen LogP contribution in [-0.2, 0) is 14.4 Å². The second kappa shape index (κ2) is 9.10. The van der Waals surface area contributed by atoms with Gasteiger partial charge in [0.05, 0.1) is 18.2 Å². The van der Waals surface area contributed by atoms with Crippen molar-refractivity contribution >= 4 is 23.4 Å². The van der Waals surface area contributed by atoms with Gasteiger partial charge in [0.2, 0.25) is 12.0 Å². The van der Waals surface area contributed by atoms with Crippen molar-refractivity contribution in [2.45, 2.75) is 38.3 Å². The number of piperazine rings is 1. The smallest absolute Gasteiger partial charge is 0.267 e. The fourth-order valence-electron chi connectivity index (χ4n) is 4.78. The summed E-state index contributed by atoms with van der Waals surface area (Å²) in [5, 5.41) is 0. The quantitative estimate of drug-likeness (QED) is 0.648. The Morgan fingerprint density at radius 3 is 2.29 bits per heavy atom. The molecule has 2 saturated heterocycles. The molecule has 0 radical (unpaired) electrons. The third-order valence-electron chi connectivity index (χ3n) is 6.79. The fraction of sp³-hybridized carbons (Fsp3) is 0.423. The molecule has 34 heavy (non-hydrogen) atoms. The van der Waals surface area contributed by atoms with Crippen LogP contribution in [0.3, 0.4) is 0 Å². The predicted octanol–water partition coefficient (Wildman–Crippen LogP) is 2.43. The van der Waals surface area contributed by atoms with Crippen LogP contribution in [0.15, 0.2) is 48.5 Å². The molecule has 3 aliphatic heterocycles. The lowest BCUT2D eigenvalue weighted by atomic mass is 10.0. The van der Waals surface area contributed by atoms with Crippen molar-refractivity contribution in [3.8, 4) is 11.5 Å². The third kappa shape index (κ3) is 4.14. The SMILES string of the molecule is CC(C)c1ccc(N2C(=O)CC(N3CCN(C(=O)C4COc5ccccc5O4)CC3)C2=O)cc1. The number of para-hydroxylation sites is 2. The van der Waals surface area contributed by atoms with E-state index in [1.54, 1.807) is 11.0 Å². The molecule has 0 saturated carbocycles. The average Bonchev–Trinajstić information content (AvgIpc) is 3.17. The van der Waals surface area contributed by atoms with Crippen LogP contribution in [0.2, 0.25) is 0 Å². The summed E-state index contributed by atoms with van der Waals surface area (Å²) in [5.41, 5.74) is 1.78. The highest BCUT2D eigenvalue weighted by atomic mass is 16.6. The van der Waals surface area contributed by atoms with Crippen LogP contribution in [0.5, 0.6) is 11.5 Å². The van der Waals surface area contributed by atoms with E-state index in [1.165, 1.54) is 4.90 Å². The van der Waals surface area contributed by atoms with Gasteiger partial charge >= 0.3 is 0 Å². The monoisotopic (exact) mass is 463 g/mol. The number of carbonyl (C=O) groups is 3. The minimum Gasteiger partial charge on any atom is -0.485 e. The minimum absolute atomic E-state index is 0.116. The Hall–Kier alpha value is -3.39. The highest BCUT2D eigenvalue weighted by molar-refractivity contribution is 6.22. The molecular formula is C26H29N3O5. The Balaban J connectivity index is 1.19. The zero-order valence-electron chi connectivity index (χ0n) is 19.5. The van der Waals surface area contributed by atoms with Gasteiger partial charge in [-0.25, -0.2) is 4.90 Å². The molecule has 2 fully saturated rings. The highest BCUT2D eigenvalue weighted by Crippen LogP contribution is 2.32. The summed E-state index contributed by atoms with van der Waals surface area (Å²) in [5.74, 6) is 1.10. The van der Waals surface area contributed by atoms with E-state index in [4.69, 9.17) is 9.47 Å². The molecule has 2 aromatic carbocycles. The van der Waals surface area contributed by atoms with Crippen LogP contribution < -0.4 is 14.4 Å². The lowest BCUT2D eigenvalue weighted by Gasteiger charge is -2.38. The Morgan fingerprint density at radius 1 is 0.941 bits per heavy atom. The molecule has 3 aliphatic rings. The second-order valence-electron chi connectivity index (χ2n) is 9.26. The Bertz CT molecular complexity index is 1090. The lowest BCUT2D eigenvalue weighted by Crippen LogP contribution is -2.57. The molecule has 3 amide bonds. The van der Waals surface area contributed by atoms with E-state index in [0.717, 1.165) is 5.56 Å². The summed E-state index contributed by atoms with van der Waals surface area (Å²) in [6, 6.07) is 14.4. The number of amides is 3. The molecular weight excluding hydrogens is 434 g/mol. The van der Waals surface area contributed by atoms with Crippen LogP contribution in [-0.4, -0.2) is 72.5 Å². The molecule has 8 nitrogen and oxygen atoms in total. The number of ether oxygens (including phenoxy) is 2. The van der Waals surface area contributed by atoms with Crippen LogP contribution in [0.1, 0.15) is 31.7 Å². The van der Waals surface area contributed by atoms with E-state index >= 15 is 0 Å². The number of benzene rings is 2. The third-order valence-corrected chi connectivity index (χ3v) is 6.79. The molecule has 8 heteroatoms. The lowest BCUT2D eigenvalue weighted by molar-refractivity contribution is -0.143. The first-order chi connectivity index (χ1) is 16.4. The van der Waals surface area contributed by atoms with Gasteiger partial charge in [-0.1, -0.05) is 38.1 Å². The number of hydrogen-bond acceptors (Lipinski definition) is 6. The van der Waals surface area contributed by atoms with Gasteiger partial charge in [-0.15, -0.1) is 0 Å². The van der Waals surface area contributed by atoms with Gasteiger partial charge < -0.3 is 14.4 Å². The second-order valence-corrected chi connectivity index (χ2v) is 9.26. The van der Waals surface area contributed by atoms with Crippen molar-refractivity contribution in [1.29, 1.82) is 0 Å². The molecule has 2 atom stereocenters. The van der Waals surface area contributed by atoms with Gasteiger partial charge in [-0.2, -0.15) is 0 Å². The Morgan fingerprint density at radius 2 is 1.62 bits per heavy atom. The number of hydrogen-bond donors (Lipinski definition) is 0. The molecule has 0 bridgehead atoms. The molecule has 2 aromatic rings. The van der Waals surface area contributed by atoms with Gasteiger partial charge in [0.25, 0.3) is 11.8 Å². The number of nitrogens with zero attached hydrogens (tertiary/aromatic N) is 3. The van der Waals surface area contributed by atoms with Crippen molar-refractivity contribution in [2.24, 2.45) is 0 Å². The highest BCUT2D eigenvalue weighted by Gasteiger charge is 2.44. The van der Waals surface area contributed by atoms with Crippen LogP contribution >= 0.6 is 0 Å². The zero-order chi connectivity index (χ0) is 23.8. The Labute approximate surface area is 199 Å². The molecule has 2 unspecified atom stereocenters. The van der Waals surface area contributed by atoms with E-state index in [2.05, 4.69) is 13.8 Å². The molecule has 0 spiro atoms. The van der Waals surface area contributed by atoms with E-state index in [-0.39, 0.29) is 30.7 Å². The largest absolute Gasteiger partial charge is 0.485 e. The Kier molecular flexibility index (Phi) is 6.00. The standard InChI is InChI=1S/C26H29N3O5/c1-17(2)18-7-9-19(10-8-18)29-24(30)15-20(25(29)31)27-11-13-28(14-12-27)26(32)23-16-33-21-5-3-4-6-22(21)34-23/h3-10,17,20,23H,11-16H2,1-2H3. The summed E-state index contributed by atoms with van der Waals surface area (Å²) in [6.45, 7) is 6.39. The number of rotatable bonds is 4. The molecule has 5 rings (SSSR count). The van der Waals surface area contributed by atoms with Crippen LogP contribution in [0, 0.1) is 0 Å². The number of anilines is 1. The normalized spacial score (nSPS) is 23.0. The van der Waals surface area contributed by atoms with Gasteiger partial charge in [0.1, 0.15) is 6.61 Å². The number of imide groups is 1. The van der Waals surface area contributed by atoms with Gasteiger partial charge in [0.15, 0.2) is 11.5 Å². The van der Waals surface area contributed by atoms with Crippen molar-refractivity contribution in [2.75, 3.05) is 37.7 Å². The average molecular weight is 464 g/mol. The summed E-state index contributed by atoms with van der Waals surface area (Å²) in [4.78, 5) is 43.9. The summed E-state index contributed by atoms with van der Waals surface area (Å²) < 4.78 is 11.5. The van der Waals surface area contributed by atoms with E-state index in [0.29, 0.717) is 49.3 Å². The molecule has 0 aromatic heterocycles. The van der Waals surface area contributed by atoms with E-state index in [1.807, 2.05) is 47.4 Å². The molecule has 3 heterocycles. The summed E-state index contributed by atoms with van der Waals surface area (Å²) in [7, 11) is 0. The molecule has 178 valence electrons. The van der Waals surface area contributed by atoms with Crippen molar-refractivity contribution in [3.05, 3.63) is 54.1 Å². The molecule has 0 N–H and O–H groups in total. The maximum atomic E-state index is 13.2. The van der Waals surface area contributed by atoms with Crippen molar-refractivity contribution < 1.29 is 23.9 Å². The first-order valence-corrected chi connectivity index (χ1v) is 11.8. The van der Waals surface area contributed by atoms with Crippen molar-refractivity contribution in [3.63, 3.8) is 0 Å². The minimum atomic E-state index is -0.680. The van der Waals surface area contributed by atoms with Crippen LogP contribution in [0.4, 0.5) is 5.69 Å². The number of fused-ring (bicyclic) bond motifs is 1. The summed E-state index contributed by atoms with van der Waals surface area (Å²) >= 11 is 0. The van der Waals surface area contributed by atoms with Gasteiger partial charge in [0, 0.05) is 26.2 Å². The van der Waals surface area contributed by atoms with E-state index < -0.39 is 12.1 Å². The van der Waals surface area contributed by atoms with Gasteiger partial charge in [-0.3, -0.25) is 19.3 Å². The summed E-state index contributed by atoms with van der Waals surface area (Å²) in [6.07, 6.45) is -0.518. The van der Waals surface area contributed by atoms with Gasteiger partial charge in [-0.05, 0) is 35.7 Å². The van der Waals surface area contributed by atoms with Crippen molar-refractivity contribution in [1.82, 2.24) is 9.80 Å². The first kappa shape index (κ1) is 22.4. The fourth-order valence-corrected chi connectivity index (χ4v) is 4.78. The maximum absolute atomic E-state index is 13.2. The van der Waals surface area contributed by atoms with Crippen LogP contribution in [0.25, 0.3) is 0 Å². The maximum Gasteiger partial charge on any atom is 0.267 e. The first-order valence-electron chi connectivity index (χ1n) is 11.8. The topological polar surface area (TPSA) is 79.4 Å². The molecule has 0 aliphatic carbocycles. The zero-order valence-corrected chi connectivity index (χ0v) is 19.5.